The van der Waals surface area contributed by atoms with Gasteiger partial charge in [0.1, 0.15) is 16.7 Å². The van der Waals surface area contributed by atoms with Gasteiger partial charge in [-0.15, -0.1) is 0 Å². The summed E-state index contributed by atoms with van der Waals surface area (Å²) in [4.78, 5) is 0. The van der Waals surface area contributed by atoms with Crippen molar-refractivity contribution in [2.24, 2.45) is 0 Å². The van der Waals surface area contributed by atoms with Crippen LogP contribution in [0.4, 0.5) is 0 Å². The molecule has 0 atom stereocenters. The highest BCUT2D eigenvalue weighted by Gasteiger charge is 2.12. The summed E-state index contributed by atoms with van der Waals surface area (Å²) in [5.74, 6) is 0.760. The molecule has 0 saturated heterocycles. The maximum atomic E-state index is 9.30. The van der Waals surface area contributed by atoms with Gasteiger partial charge in [-0.1, -0.05) is 41.6 Å². The smallest absolute Gasteiger partial charge is 0.137 e. The molecule has 3 rings (SSSR count). The van der Waals surface area contributed by atoms with Crippen molar-refractivity contribution in [3.05, 3.63) is 64.8 Å². The van der Waals surface area contributed by atoms with Crippen molar-refractivity contribution in [1.29, 1.82) is 5.26 Å². The summed E-state index contributed by atoms with van der Waals surface area (Å²) in [6, 6.07) is 15.6. The van der Waals surface area contributed by atoms with E-state index in [1.807, 2.05) is 48.7 Å². The summed E-state index contributed by atoms with van der Waals surface area (Å²) in [7, 11) is 0. The third-order valence-corrected chi connectivity index (χ3v) is 4.20. The summed E-state index contributed by atoms with van der Waals surface area (Å²) in [5, 5.41) is 15.2. The molecule has 2 heterocycles. The van der Waals surface area contributed by atoms with Crippen molar-refractivity contribution in [1.82, 2.24) is 9.61 Å². The van der Waals surface area contributed by atoms with E-state index in [-0.39, 0.29) is 0 Å². The summed E-state index contributed by atoms with van der Waals surface area (Å²) in [6.07, 6.45) is 1.85. The van der Waals surface area contributed by atoms with E-state index < -0.39 is 0 Å². The highest BCUT2D eigenvalue weighted by atomic mass is 35.5. The molecule has 0 saturated carbocycles. The Hall–Kier alpha value is -1.96. The second-order valence-corrected chi connectivity index (χ2v) is 5.64. The average molecular weight is 300 g/mol. The van der Waals surface area contributed by atoms with E-state index in [0.29, 0.717) is 5.56 Å². The van der Waals surface area contributed by atoms with Crippen LogP contribution in [-0.2, 0) is 5.75 Å². The number of hydrogen-bond acceptors (Lipinski definition) is 3. The maximum absolute atomic E-state index is 9.30. The number of nitrogens with zero attached hydrogens (tertiary/aromatic N) is 3. The summed E-state index contributed by atoms with van der Waals surface area (Å²) in [6.45, 7) is 0. The van der Waals surface area contributed by atoms with E-state index in [1.54, 1.807) is 16.3 Å². The Morgan fingerprint density at radius 1 is 1.20 bits per heavy atom. The number of fused-ring (bicyclic) bond motifs is 1. The van der Waals surface area contributed by atoms with Gasteiger partial charge in [0, 0.05) is 17.0 Å². The van der Waals surface area contributed by atoms with Crippen LogP contribution in [0.25, 0.3) is 5.52 Å². The monoisotopic (exact) mass is 299 g/mol. The van der Waals surface area contributed by atoms with Crippen LogP contribution in [0.2, 0.25) is 5.02 Å². The molecule has 0 radical (unpaired) electrons. The first-order chi connectivity index (χ1) is 9.78. The minimum atomic E-state index is 0.629. The third kappa shape index (κ3) is 2.51. The summed E-state index contributed by atoms with van der Waals surface area (Å²) in [5.41, 5.74) is 2.62. The van der Waals surface area contributed by atoms with Gasteiger partial charge in [-0.05, 0) is 29.8 Å². The van der Waals surface area contributed by atoms with Crippen LogP contribution >= 0.6 is 23.4 Å². The Kier molecular flexibility index (Phi) is 3.64. The average Bonchev–Trinajstić information content (AvgIpc) is 2.84. The van der Waals surface area contributed by atoms with E-state index in [0.717, 1.165) is 26.9 Å². The summed E-state index contributed by atoms with van der Waals surface area (Å²) < 4.78 is 1.74. The highest BCUT2D eigenvalue weighted by molar-refractivity contribution is 7.98. The predicted octanol–water partition coefficient (Wildman–Crippen LogP) is 4.15. The standard InChI is InChI=1S/C15H10ClN3S/c16-12-6-4-11(5-7-12)10-20-15-13(9-17)14-3-1-2-8-19(14)18-15/h1-8H,10H2. The van der Waals surface area contributed by atoms with Crippen molar-refractivity contribution >= 4 is 28.9 Å². The number of aromatic nitrogens is 2. The van der Waals surface area contributed by atoms with Gasteiger partial charge in [-0.2, -0.15) is 10.4 Å². The molecule has 0 bridgehead atoms. The lowest BCUT2D eigenvalue weighted by Crippen LogP contribution is -1.84. The molecule has 20 heavy (non-hydrogen) atoms. The number of halogens is 1. The lowest BCUT2D eigenvalue weighted by molar-refractivity contribution is 0.900. The second kappa shape index (κ2) is 5.58. The van der Waals surface area contributed by atoms with Crippen molar-refractivity contribution in [2.75, 3.05) is 0 Å². The zero-order valence-corrected chi connectivity index (χ0v) is 12.0. The van der Waals surface area contributed by atoms with Gasteiger partial charge in [-0.3, -0.25) is 0 Å². The lowest BCUT2D eigenvalue weighted by atomic mass is 10.2. The van der Waals surface area contributed by atoms with E-state index in [4.69, 9.17) is 11.6 Å². The molecule has 0 aliphatic rings. The van der Waals surface area contributed by atoms with Gasteiger partial charge < -0.3 is 0 Å². The maximum Gasteiger partial charge on any atom is 0.137 e. The Labute approximate surface area is 125 Å². The Morgan fingerprint density at radius 3 is 2.75 bits per heavy atom. The van der Waals surface area contributed by atoms with Gasteiger partial charge in [0.2, 0.25) is 0 Å². The first kappa shape index (κ1) is 13.0. The van der Waals surface area contributed by atoms with Crippen LogP contribution in [0, 0.1) is 11.3 Å². The number of benzene rings is 1. The van der Waals surface area contributed by atoms with Gasteiger partial charge >= 0.3 is 0 Å². The Morgan fingerprint density at radius 2 is 2.00 bits per heavy atom. The molecule has 3 aromatic rings. The third-order valence-electron chi connectivity index (χ3n) is 2.91. The Bertz CT molecular complexity index is 787. The molecule has 0 amide bonds. The minimum Gasteiger partial charge on any atom is -0.238 e. The fourth-order valence-corrected chi connectivity index (χ4v) is 2.98. The number of thioether (sulfide) groups is 1. The normalized spacial score (nSPS) is 10.6. The second-order valence-electron chi connectivity index (χ2n) is 4.24. The fourth-order valence-electron chi connectivity index (χ4n) is 1.92. The molecule has 98 valence electrons. The molecule has 0 unspecified atom stereocenters. The molecule has 0 spiro atoms. The number of hydrogen-bond donors (Lipinski definition) is 0. The molecule has 3 nitrogen and oxygen atoms in total. The molecule has 1 aromatic carbocycles. The van der Waals surface area contributed by atoms with Crippen molar-refractivity contribution in [3.63, 3.8) is 0 Å². The minimum absolute atomic E-state index is 0.629. The van der Waals surface area contributed by atoms with E-state index in [9.17, 15) is 5.26 Å². The molecule has 0 N–H and O–H groups in total. The van der Waals surface area contributed by atoms with E-state index in [2.05, 4.69) is 11.2 Å². The summed E-state index contributed by atoms with van der Waals surface area (Å²) >= 11 is 7.42. The van der Waals surface area contributed by atoms with Crippen molar-refractivity contribution < 1.29 is 0 Å². The Balaban J connectivity index is 1.87. The van der Waals surface area contributed by atoms with Crippen LogP contribution in [-0.4, -0.2) is 9.61 Å². The zero-order chi connectivity index (χ0) is 13.9. The number of pyridine rings is 1. The SMILES string of the molecule is N#Cc1c(SCc2ccc(Cl)cc2)nn2ccccc12. The number of nitriles is 1. The fraction of sp³-hybridized carbons (Fsp3) is 0.0667. The van der Waals surface area contributed by atoms with Crippen LogP contribution in [0.5, 0.6) is 0 Å². The lowest BCUT2D eigenvalue weighted by Gasteiger charge is -1.99. The molecular formula is C15H10ClN3S. The largest absolute Gasteiger partial charge is 0.238 e. The van der Waals surface area contributed by atoms with Crippen LogP contribution in [0.15, 0.2) is 53.7 Å². The molecule has 0 fully saturated rings. The van der Waals surface area contributed by atoms with E-state index >= 15 is 0 Å². The molecular weight excluding hydrogens is 290 g/mol. The van der Waals surface area contributed by atoms with Gasteiger partial charge in [0.25, 0.3) is 0 Å². The van der Waals surface area contributed by atoms with E-state index in [1.165, 1.54) is 0 Å². The molecule has 0 aliphatic heterocycles. The first-order valence-electron chi connectivity index (χ1n) is 6.02. The zero-order valence-electron chi connectivity index (χ0n) is 10.5. The van der Waals surface area contributed by atoms with Crippen LogP contribution < -0.4 is 0 Å². The van der Waals surface area contributed by atoms with Crippen molar-refractivity contribution in [2.45, 2.75) is 10.8 Å². The van der Waals surface area contributed by atoms with Gasteiger partial charge in [0.15, 0.2) is 0 Å². The topological polar surface area (TPSA) is 41.1 Å². The van der Waals surface area contributed by atoms with Crippen molar-refractivity contribution in [3.8, 4) is 6.07 Å². The molecule has 2 aromatic heterocycles. The quantitative estimate of drug-likeness (QED) is 0.682. The first-order valence-corrected chi connectivity index (χ1v) is 7.39. The van der Waals surface area contributed by atoms with Crippen LogP contribution in [0.1, 0.15) is 11.1 Å². The highest BCUT2D eigenvalue weighted by Crippen LogP contribution is 2.27. The van der Waals surface area contributed by atoms with Crippen LogP contribution in [0.3, 0.4) is 0 Å². The predicted molar refractivity (Wildman–Crippen MR) is 80.9 cm³/mol. The number of rotatable bonds is 3. The van der Waals surface area contributed by atoms with Gasteiger partial charge in [-0.25, -0.2) is 4.52 Å². The molecule has 5 heteroatoms. The molecule has 0 aliphatic carbocycles. The van der Waals surface area contributed by atoms with Gasteiger partial charge in [0.05, 0.1) is 5.52 Å².